The summed E-state index contributed by atoms with van der Waals surface area (Å²) in [6, 6.07) is 5.48. The zero-order valence-corrected chi connectivity index (χ0v) is 17.8. The third kappa shape index (κ3) is 5.34. The Kier molecular flexibility index (Phi) is 6.30. The normalized spacial score (nSPS) is 24.7. The third-order valence-corrected chi connectivity index (χ3v) is 8.79. The maximum absolute atomic E-state index is 12.9. The standard InChI is InChI=1S/C18H25N3O6S2/c1-13(22)19-15-4-6-17(7-5-15)29(26,27)21-9-2-3-14(11-21)18(23)20-16-8-10-28(24,25)12-16/h4-7,14,16H,2-3,8-12H2,1H3,(H,19,22)(H,20,23)/t14-,16-/m0/s1. The molecule has 1 aromatic carbocycles. The van der Waals surface area contributed by atoms with E-state index in [9.17, 15) is 26.4 Å². The average molecular weight is 444 g/mol. The van der Waals surface area contributed by atoms with Gasteiger partial charge in [-0.2, -0.15) is 4.31 Å². The number of amides is 2. The zero-order chi connectivity index (χ0) is 21.2. The number of carbonyl (C=O) groups is 2. The van der Waals surface area contributed by atoms with Gasteiger partial charge in [-0.15, -0.1) is 0 Å². The molecular weight excluding hydrogens is 418 g/mol. The number of carbonyl (C=O) groups excluding carboxylic acids is 2. The highest BCUT2D eigenvalue weighted by molar-refractivity contribution is 7.91. The van der Waals surface area contributed by atoms with Crippen LogP contribution in [0.5, 0.6) is 0 Å². The molecule has 2 amide bonds. The highest BCUT2D eigenvalue weighted by atomic mass is 32.2. The second-order valence-electron chi connectivity index (χ2n) is 7.52. The number of hydrogen-bond acceptors (Lipinski definition) is 6. The van der Waals surface area contributed by atoms with Gasteiger partial charge in [-0.05, 0) is 43.5 Å². The third-order valence-electron chi connectivity index (χ3n) is 5.15. The van der Waals surface area contributed by atoms with E-state index in [-0.39, 0.29) is 34.8 Å². The van der Waals surface area contributed by atoms with Crippen LogP contribution in [0, 0.1) is 5.92 Å². The van der Waals surface area contributed by atoms with Gasteiger partial charge in [0, 0.05) is 31.7 Å². The minimum absolute atomic E-state index is 0.0566. The first kappa shape index (κ1) is 21.7. The van der Waals surface area contributed by atoms with Crippen LogP contribution in [0.3, 0.4) is 0 Å². The van der Waals surface area contributed by atoms with Gasteiger partial charge < -0.3 is 10.6 Å². The van der Waals surface area contributed by atoms with Crippen molar-refractivity contribution in [1.29, 1.82) is 0 Å². The van der Waals surface area contributed by atoms with E-state index < -0.39 is 31.8 Å². The quantitative estimate of drug-likeness (QED) is 0.675. The molecule has 0 radical (unpaired) electrons. The minimum Gasteiger partial charge on any atom is -0.352 e. The fraction of sp³-hybridized carbons (Fsp3) is 0.556. The van der Waals surface area contributed by atoms with Gasteiger partial charge in [0.1, 0.15) is 0 Å². The molecule has 2 saturated heterocycles. The lowest BCUT2D eigenvalue weighted by atomic mass is 9.98. The van der Waals surface area contributed by atoms with Gasteiger partial charge in [0.2, 0.25) is 21.8 Å². The van der Waals surface area contributed by atoms with Crippen LogP contribution >= 0.6 is 0 Å². The summed E-state index contributed by atoms with van der Waals surface area (Å²) in [6.45, 7) is 1.74. The van der Waals surface area contributed by atoms with Crippen LogP contribution in [0.1, 0.15) is 26.2 Å². The van der Waals surface area contributed by atoms with E-state index in [1.165, 1.54) is 35.5 Å². The molecule has 0 aliphatic carbocycles. The summed E-state index contributed by atoms with van der Waals surface area (Å²) in [5, 5.41) is 5.34. The molecule has 29 heavy (non-hydrogen) atoms. The molecule has 9 nitrogen and oxygen atoms in total. The van der Waals surface area contributed by atoms with Gasteiger partial charge in [-0.25, -0.2) is 16.8 Å². The van der Waals surface area contributed by atoms with Crippen molar-refractivity contribution < 1.29 is 26.4 Å². The van der Waals surface area contributed by atoms with Crippen LogP contribution in [0.2, 0.25) is 0 Å². The van der Waals surface area contributed by atoms with Crippen molar-refractivity contribution in [3.63, 3.8) is 0 Å². The Morgan fingerprint density at radius 2 is 1.83 bits per heavy atom. The van der Waals surface area contributed by atoms with E-state index in [1.54, 1.807) is 0 Å². The summed E-state index contributed by atoms with van der Waals surface area (Å²) in [7, 11) is -6.88. The Bertz CT molecular complexity index is 989. The van der Waals surface area contributed by atoms with Crippen molar-refractivity contribution in [3.05, 3.63) is 24.3 Å². The number of rotatable bonds is 5. The van der Waals surface area contributed by atoms with Gasteiger partial charge in [0.05, 0.1) is 22.3 Å². The van der Waals surface area contributed by atoms with Crippen molar-refractivity contribution in [2.75, 3.05) is 29.9 Å². The molecule has 0 bridgehead atoms. The van der Waals surface area contributed by atoms with Gasteiger partial charge in [0.15, 0.2) is 9.84 Å². The average Bonchev–Trinajstić information content (AvgIpc) is 3.00. The molecule has 2 atom stereocenters. The van der Waals surface area contributed by atoms with E-state index in [0.29, 0.717) is 31.5 Å². The Hall–Kier alpha value is -1.98. The summed E-state index contributed by atoms with van der Waals surface area (Å²) < 4.78 is 50.3. The Labute approximate surface area is 170 Å². The number of hydrogen-bond donors (Lipinski definition) is 2. The van der Waals surface area contributed by atoms with Crippen LogP contribution in [0.25, 0.3) is 0 Å². The lowest BCUT2D eigenvalue weighted by Crippen LogP contribution is -2.47. The lowest BCUT2D eigenvalue weighted by molar-refractivity contribution is -0.126. The van der Waals surface area contributed by atoms with Gasteiger partial charge >= 0.3 is 0 Å². The lowest BCUT2D eigenvalue weighted by Gasteiger charge is -2.31. The molecule has 160 valence electrons. The second-order valence-corrected chi connectivity index (χ2v) is 11.7. The van der Waals surface area contributed by atoms with Crippen LogP contribution < -0.4 is 10.6 Å². The molecule has 3 rings (SSSR count). The van der Waals surface area contributed by atoms with Crippen molar-refractivity contribution in [1.82, 2.24) is 9.62 Å². The molecule has 2 aliphatic heterocycles. The second kappa shape index (κ2) is 8.41. The van der Waals surface area contributed by atoms with Gasteiger partial charge in [-0.1, -0.05) is 0 Å². The van der Waals surface area contributed by atoms with E-state index >= 15 is 0 Å². The fourth-order valence-corrected chi connectivity index (χ4v) is 6.86. The highest BCUT2D eigenvalue weighted by Gasteiger charge is 2.35. The summed E-state index contributed by atoms with van der Waals surface area (Å²) in [5.41, 5.74) is 0.499. The number of anilines is 1. The number of nitrogens with one attached hydrogen (secondary N) is 2. The zero-order valence-electron chi connectivity index (χ0n) is 16.1. The molecule has 11 heteroatoms. The topological polar surface area (TPSA) is 130 Å². The van der Waals surface area contributed by atoms with E-state index in [4.69, 9.17) is 0 Å². The van der Waals surface area contributed by atoms with Crippen molar-refractivity contribution in [2.24, 2.45) is 5.92 Å². The first-order chi connectivity index (χ1) is 13.6. The monoisotopic (exact) mass is 443 g/mol. The number of piperidine rings is 1. The maximum Gasteiger partial charge on any atom is 0.243 e. The molecule has 0 spiro atoms. The highest BCUT2D eigenvalue weighted by Crippen LogP contribution is 2.25. The van der Waals surface area contributed by atoms with Crippen molar-refractivity contribution >= 4 is 37.4 Å². The predicted molar refractivity (Wildman–Crippen MR) is 107 cm³/mol. The molecule has 0 unspecified atom stereocenters. The SMILES string of the molecule is CC(=O)Nc1ccc(S(=O)(=O)N2CCC[C@H](C(=O)N[C@H]3CCS(=O)(=O)C3)C2)cc1. The molecule has 0 aromatic heterocycles. The molecule has 2 heterocycles. The maximum atomic E-state index is 12.9. The predicted octanol–water partition coefficient (Wildman–Crippen LogP) is 0.349. The van der Waals surface area contributed by atoms with Crippen LogP contribution in [0.4, 0.5) is 5.69 Å². The summed E-state index contributed by atoms with van der Waals surface area (Å²) in [5.74, 6) is -1.06. The summed E-state index contributed by atoms with van der Waals surface area (Å²) in [6.07, 6.45) is 1.49. The van der Waals surface area contributed by atoms with Gasteiger partial charge in [0.25, 0.3) is 0 Å². The van der Waals surface area contributed by atoms with Crippen molar-refractivity contribution in [3.8, 4) is 0 Å². The van der Waals surface area contributed by atoms with Crippen LogP contribution in [0.15, 0.2) is 29.2 Å². The number of sulfone groups is 1. The summed E-state index contributed by atoms with van der Waals surface area (Å²) >= 11 is 0. The number of nitrogens with zero attached hydrogens (tertiary/aromatic N) is 1. The minimum atomic E-state index is -3.77. The Balaban J connectivity index is 1.66. The van der Waals surface area contributed by atoms with E-state index in [2.05, 4.69) is 10.6 Å². The molecule has 1 aromatic rings. The molecule has 2 N–H and O–H groups in total. The summed E-state index contributed by atoms with van der Waals surface area (Å²) in [4.78, 5) is 23.7. The molecule has 2 aliphatic rings. The Morgan fingerprint density at radius 1 is 1.14 bits per heavy atom. The number of sulfonamides is 1. The molecular formula is C18H25N3O6S2. The largest absolute Gasteiger partial charge is 0.352 e. The Morgan fingerprint density at radius 3 is 2.41 bits per heavy atom. The van der Waals surface area contributed by atoms with Crippen molar-refractivity contribution in [2.45, 2.75) is 37.1 Å². The smallest absolute Gasteiger partial charge is 0.243 e. The van der Waals surface area contributed by atoms with Gasteiger partial charge in [-0.3, -0.25) is 9.59 Å². The van der Waals surface area contributed by atoms with E-state index in [0.717, 1.165) is 0 Å². The molecule has 2 fully saturated rings. The number of benzene rings is 1. The fourth-order valence-electron chi connectivity index (χ4n) is 3.67. The van der Waals surface area contributed by atoms with E-state index in [1.807, 2.05) is 0 Å². The first-order valence-corrected chi connectivity index (χ1v) is 12.7. The molecule has 0 saturated carbocycles. The first-order valence-electron chi connectivity index (χ1n) is 9.45. The van der Waals surface area contributed by atoms with Crippen LogP contribution in [-0.2, 0) is 29.4 Å². The van der Waals surface area contributed by atoms with Crippen LogP contribution in [-0.4, -0.2) is 63.6 Å².